The van der Waals surface area contributed by atoms with Gasteiger partial charge in [0.1, 0.15) is 12.1 Å². The summed E-state index contributed by atoms with van der Waals surface area (Å²) in [5.41, 5.74) is 3.05. The van der Waals surface area contributed by atoms with Crippen LogP contribution < -0.4 is 4.90 Å². The van der Waals surface area contributed by atoms with Crippen LogP contribution in [0.25, 0.3) is 0 Å². The van der Waals surface area contributed by atoms with Gasteiger partial charge < -0.3 is 4.90 Å². The molecule has 5 nitrogen and oxygen atoms in total. The maximum atomic E-state index is 4.66. The van der Waals surface area contributed by atoms with E-state index >= 15 is 0 Å². The molecule has 5 heteroatoms. The van der Waals surface area contributed by atoms with E-state index in [0.29, 0.717) is 0 Å². The monoisotopic (exact) mass is 283 g/mol. The van der Waals surface area contributed by atoms with Crippen molar-refractivity contribution in [1.82, 2.24) is 19.9 Å². The molecule has 1 atom stereocenters. The smallest absolute Gasteiger partial charge is 0.151 e. The summed E-state index contributed by atoms with van der Waals surface area (Å²) < 4.78 is 0. The van der Waals surface area contributed by atoms with Crippen molar-refractivity contribution >= 4 is 5.82 Å². The first-order chi connectivity index (χ1) is 10.1. The number of nitrogens with zero attached hydrogens (tertiary/aromatic N) is 5. The lowest BCUT2D eigenvalue weighted by atomic mass is 10.0. The second kappa shape index (κ2) is 5.76. The van der Waals surface area contributed by atoms with Crippen LogP contribution in [0.3, 0.4) is 0 Å². The Hall–Kier alpha value is -2.04. The Kier molecular flexibility index (Phi) is 3.82. The lowest BCUT2D eigenvalue weighted by Crippen LogP contribution is -2.35. The summed E-state index contributed by atoms with van der Waals surface area (Å²) in [6, 6.07) is 4.28. The van der Waals surface area contributed by atoms with Crippen molar-refractivity contribution in [3.05, 3.63) is 41.4 Å². The third kappa shape index (κ3) is 3.01. The van der Waals surface area contributed by atoms with E-state index in [1.807, 2.05) is 32.9 Å². The van der Waals surface area contributed by atoms with Crippen LogP contribution in [0.5, 0.6) is 0 Å². The summed E-state index contributed by atoms with van der Waals surface area (Å²) in [6.07, 6.45) is 5.11. The lowest BCUT2D eigenvalue weighted by Gasteiger charge is -2.35. The third-order valence-corrected chi connectivity index (χ3v) is 3.88. The molecule has 21 heavy (non-hydrogen) atoms. The fourth-order valence-corrected chi connectivity index (χ4v) is 2.97. The second-order valence-electron chi connectivity index (χ2n) is 5.73. The summed E-state index contributed by atoms with van der Waals surface area (Å²) in [6.45, 7) is 7.05. The van der Waals surface area contributed by atoms with E-state index in [1.54, 1.807) is 6.33 Å². The Morgan fingerprint density at radius 1 is 0.952 bits per heavy atom. The van der Waals surface area contributed by atoms with E-state index in [0.717, 1.165) is 41.7 Å². The molecule has 0 bridgehead atoms. The van der Waals surface area contributed by atoms with Crippen LogP contribution in [0.1, 0.15) is 48.2 Å². The highest BCUT2D eigenvalue weighted by atomic mass is 15.2. The minimum absolute atomic E-state index is 0.214. The predicted octanol–water partition coefficient (Wildman–Crippen LogP) is 2.92. The zero-order valence-electron chi connectivity index (χ0n) is 12.9. The first-order valence-electron chi connectivity index (χ1n) is 7.51. The summed E-state index contributed by atoms with van der Waals surface area (Å²) in [7, 11) is 0. The van der Waals surface area contributed by atoms with Crippen LogP contribution in [0.2, 0.25) is 0 Å². The van der Waals surface area contributed by atoms with E-state index in [9.17, 15) is 0 Å². The molecular weight excluding hydrogens is 262 g/mol. The fraction of sp³-hybridized carbons (Fsp3) is 0.500. The first kappa shape index (κ1) is 13.9. The van der Waals surface area contributed by atoms with Gasteiger partial charge in [0.2, 0.25) is 0 Å². The number of aryl methyl sites for hydroxylation is 3. The number of hydrogen-bond donors (Lipinski definition) is 0. The molecule has 3 rings (SSSR count). The van der Waals surface area contributed by atoms with Gasteiger partial charge in [-0.1, -0.05) is 0 Å². The normalized spacial score (nSPS) is 18.8. The zero-order chi connectivity index (χ0) is 14.8. The fourth-order valence-electron chi connectivity index (χ4n) is 2.97. The molecule has 2 aromatic rings. The van der Waals surface area contributed by atoms with E-state index in [-0.39, 0.29) is 6.04 Å². The Bertz CT molecular complexity index is 620. The summed E-state index contributed by atoms with van der Waals surface area (Å²) in [5.74, 6) is 1.90. The molecule has 1 aliphatic rings. The van der Waals surface area contributed by atoms with Crippen molar-refractivity contribution in [3.8, 4) is 0 Å². The van der Waals surface area contributed by atoms with Gasteiger partial charge in [0.05, 0.1) is 6.04 Å². The molecule has 0 aromatic carbocycles. The number of aromatic nitrogens is 4. The van der Waals surface area contributed by atoms with Crippen molar-refractivity contribution in [2.45, 2.75) is 46.1 Å². The van der Waals surface area contributed by atoms with Gasteiger partial charge in [-0.2, -0.15) is 0 Å². The average Bonchev–Trinajstić information content (AvgIpc) is 2.46. The molecule has 3 heterocycles. The number of piperidine rings is 1. The van der Waals surface area contributed by atoms with Crippen molar-refractivity contribution in [2.75, 3.05) is 11.4 Å². The molecule has 0 aliphatic carbocycles. The van der Waals surface area contributed by atoms with Gasteiger partial charge in [-0.15, -0.1) is 0 Å². The van der Waals surface area contributed by atoms with E-state index in [2.05, 4.69) is 24.8 Å². The van der Waals surface area contributed by atoms with Gasteiger partial charge in [-0.25, -0.2) is 19.9 Å². The minimum atomic E-state index is 0.214. The molecule has 1 saturated heterocycles. The third-order valence-electron chi connectivity index (χ3n) is 3.88. The molecular formula is C16H21N5. The molecule has 1 aliphatic heterocycles. The van der Waals surface area contributed by atoms with Crippen LogP contribution in [-0.4, -0.2) is 26.5 Å². The highest BCUT2D eigenvalue weighted by Gasteiger charge is 2.27. The Morgan fingerprint density at radius 3 is 2.43 bits per heavy atom. The highest BCUT2D eigenvalue weighted by molar-refractivity contribution is 5.41. The van der Waals surface area contributed by atoms with E-state index in [4.69, 9.17) is 0 Å². The summed E-state index contributed by atoms with van der Waals surface area (Å²) in [5, 5.41) is 0. The summed E-state index contributed by atoms with van der Waals surface area (Å²) >= 11 is 0. The molecule has 2 aromatic heterocycles. The minimum Gasteiger partial charge on any atom is -0.346 e. The molecule has 1 fully saturated rings. The lowest BCUT2D eigenvalue weighted by molar-refractivity contribution is 0.451. The highest BCUT2D eigenvalue weighted by Crippen LogP contribution is 2.32. The van der Waals surface area contributed by atoms with E-state index < -0.39 is 0 Å². The molecule has 0 unspecified atom stereocenters. The number of hydrogen-bond acceptors (Lipinski definition) is 5. The number of rotatable bonds is 2. The first-order valence-corrected chi connectivity index (χ1v) is 7.51. The maximum absolute atomic E-state index is 4.66. The van der Waals surface area contributed by atoms with Gasteiger partial charge >= 0.3 is 0 Å². The molecule has 0 N–H and O–H groups in total. The summed E-state index contributed by atoms with van der Waals surface area (Å²) in [4.78, 5) is 20.3. The quantitative estimate of drug-likeness (QED) is 0.848. The van der Waals surface area contributed by atoms with Crippen LogP contribution in [0, 0.1) is 20.8 Å². The van der Waals surface area contributed by atoms with Crippen LogP contribution in [0.15, 0.2) is 18.5 Å². The molecule has 0 saturated carbocycles. The molecule has 0 amide bonds. The average molecular weight is 283 g/mol. The van der Waals surface area contributed by atoms with Gasteiger partial charge in [-0.3, -0.25) is 0 Å². The van der Waals surface area contributed by atoms with E-state index in [1.165, 1.54) is 12.8 Å². The van der Waals surface area contributed by atoms with Crippen molar-refractivity contribution < 1.29 is 0 Å². The zero-order valence-corrected chi connectivity index (χ0v) is 12.9. The van der Waals surface area contributed by atoms with Crippen LogP contribution >= 0.6 is 0 Å². The maximum Gasteiger partial charge on any atom is 0.151 e. The van der Waals surface area contributed by atoms with Gasteiger partial charge in [-0.05, 0) is 46.1 Å². The standard InChI is InChI=1S/C16H21N5/c1-11-9-15(18-10-17-11)21-7-5-4-6-14(21)16-19-12(2)8-13(3)20-16/h8-10,14H,4-7H2,1-3H3/t14-/m0/s1. The van der Waals surface area contributed by atoms with Gasteiger partial charge in [0.25, 0.3) is 0 Å². The molecule has 0 spiro atoms. The Balaban J connectivity index is 1.98. The molecule has 0 radical (unpaired) electrons. The molecule has 110 valence electrons. The van der Waals surface area contributed by atoms with Crippen molar-refractivity contribution in [1.29, 1.82) is 0 Å². The SMILES string of the molecule is Cc1cc(N2CCCC[C@H]2c2nc(C)cc(C)n2)ncn1. The predicted molar refractivity (Wildman–Crippen MR) is 82.2 cm³/mol. The largest absolute Gasteiger partial charge is 0.346 e. The van der Waals surface area contributed by atoms with Gasteiger partial charge in [0.15, 0.2) is 5.82 Å². The van der Waals surface area contributed by atoms with Crippen LogP contribution in [-0.2, 0) is 0 Å². The van der Waals surface area contributed by atoms with Gasteiger partial charge in [0, 0.05) is 29.7 Å². The second-order valence-corrected chi connectivity index (χ2v) is 5.73. The topological polar surface area (TPSA) is 54.8 Å². The van der Waals surface area contributed by atoms with Crippen molar-refractivity contribution in [3.63, 3.8) is 0 Å². The van der Waals surface area contributed by atoms with Crippen molar-refractivity contribution in [2.24, 2.45) is 0 Å². The van der Waals surface area contributed by atoms with Crippen LogP contribution in [0.4, 0.5) is 5.82 Å². The Labute approximate surface area is 125 Å². The Morgan fingerprint density at radius 2 is 1.71 bits per heavy atom. The number of anilines is 1.